The van der Waals surface area contributed by atoms with Crippen molar-refractivity contribution in [2.45, 2.75) is 9.79 Å². The summed E-state index contributed by atoms with van der Waals surface area (Å²) in [6.45, 7) is 0. The fourth-order valence-electron chi connectivity index (χ4n) is 3.49. The molecule has 3 N–H and O–H groups in total. The van der Waals surface area contributed by atoms with Crippen LogP contribution in [0.25, 0.3) is 22.3 Å². The topological polar surface area (TPSA) is 119 Å². The molecule has 0 saturated carbocycles. The van der Waals surface area contributed by atoms with Crippen molar-refractivity contribution >= 4 is 26.0 Å². The number of hydrogen-bond donors (Lipinski definition) is 2. The first-order valence-corrected chi connectivity index (χ1v) is 13.1. The van der Waals surface area contributed by atoms with Crippen LogP contribution >= 0.6 is 0 Å². The summed E-state index contributed by atoms with van der Waals surface area (Å²) in [6.07, 6.45) is 0. The lowest BCUT2D eigenvalue weighted by atomic mass is 10.1. The van der Waals surface area contributed by atoms with Gasteiger partial charge in [-0.05, 0) is 23.3 Å². The smallest absolute Gasteiger partial charge is 0.286 e. The van der Waals surface area contributed by atoms with Crippen LogP contribution in [0.3, 0.4) is 0 Å². The first-order chi connectivity index (χ1) is 16.3. The normalized spacial score (nSPS) is 12.3. The molecule has 0 aliphatic carbocycles. The lowest BCUT2D eigenvalue weighted by molar-refractivity contribution is 0.592. The predicted octanol–water partition coefficient (Wildman–Crippen LogP) is 4.00. The van der Waals surface area contributed by atoms with Gasteiger partial charge < -0.3 is 5.73 Å². The molecule has 0 aromatic heterocycles. The van der Waals surface area contributed by atoms with Gasteiger partial charge >= 0.3 is 0 Å². The van der Waals surface area contributed by atoms with Gasteiger partial charge in [0.05, 0.1) is 9.79 Å². The molecule has 0 aliphatic heterocycles. The minimum atomic E-state index is -4.32. The van der Waals surface area contributed by atoms with E-state index < -0.39 is 26.0 Å². The Kier molecular flexibility index (Phi) is 6.49. The summed E-state index contributed by atoms with van der Waals surface area (Å²) < 4.78 is 57.9. The number of rotatable bonds is 6. The number of benzene rings is 4. The van der Waals surface area contributed by atoms with Crippen LogP contribution in [0.1, 0.15) is 0 Å². The van der Waals surface area contributed by atoms with E-state index in [0.29, 0.717) is 22.3 Å². The molecule has 0 aliphatic rings. The van der Waals surface area contributed by atoms with Gasteiger partial charge in [-0.2, -0.15) is 8.42 Å². The highest BCUT2D eigenvalue weighted by atomic mass is 32.2. The Balaban J connectivity index is 1.69. The molecule has 0 radical (unpaired) electrons. The summed E-state index contributed by atoms with van der Waals surface area (Å²) >= 11 is 0. The van der Waals surface area contributed by atoms with Crippen molar-refractivity contribution < 1.29 is 16.8 Å². The van der Waals surface area contributed by atoms with Gasteiger partial charge in [0.2, 0.25) is 5.96 Å². The van der Waals surface area contributed by atoms with E-state index in [-0.39, 0.29) is 9.79 Å². The van der Waals surface area contributed by atoms with Crippen LogP contribution in [0.5, 0.6) is 0 Å². The van der Waals surface area contributed by atoms with E-state index in [2.05, 4.69) is 9.12 Å². The molecular weight excluding hydrogens is 470 g/mol. The molecule has 0 saturated heterocycles. The summed E-state index contributed by atoms with van der Waals surface area (Å²) in [4.78, 5) is -0.144. The maximum atomic E-state index is 13.1. The predicted molar refractivity (Wildman–Crippen MR) is 133 cm³/mol. The zero-order valence-corrected chi connectivity index (χ0v) is 19.5. The summed E-state index contributed by atoms with van der Waals surface area (Å²) in [6, 6.07) is 30.5. The van der Waals surface area contributed by atoms with Gasteiger partial charge in [0, 0.05) is 11.1 Å². The van der Waals surface area contributed by atoms with Gasteiger partial charge in [-0.3, -0.25) is 0 Å². The fourth-order valence-corrected chi connectivity index (χ4v) is 5.83. The zero-order valence-electron chi connectivity index (χ0n) is 17.9. The van der Waals surface area contributed by atoms with Crippen molar-refractivity contribution in [3.05, 3.63) is 109 Å². The molecule has 0 bridgehead atoms. The Morgan fingerprint density at radius 2 is 1.00 bits per heavy atom. The molecule has 0 spiro atoms. The highest BCUT2D eigenvalue weighted by Gasteiger charge is 2.23. The largest absolute Gasteiger partial charge is 0.368 e. The highest BCUT2D eigenvalue weighted by Crippen LogP contribution is 2.29. The molecule has 34 heavy (non-hydrogen) atoms. The van der Waals surface area contributed by atoms with Crippen molar-refractivity contribution in [3.63, 3.8) is 0 Å². The van der Waals surface area contributed by atoms with Gasteiger partial charge in [0.1, 0.15) is 0 Å². The van der Waals surface area contributed by atoms with Crippen LogP contribution in [0, 0.1) is 0 Å². The third-order valence-electron chi connectivity index (χ3n) is 4.97. The van der Waals surface area contributed by atoms with Gasteiger partial charge in [-0.15, -0.1) is 4.40 Å². The fraction of sp³-hybridized carbons (Fsp3) is 0. The monoisotopic (exact) mass is 491 g/mol. The van der Waals surface area contributed by atoms with E-state index >= 15 is 0 Å². The molecular formula is C25H21N3O4S2. The molecule has 0 fully saturated rings. The second kappa shape index (κ2) is 9.50. The Hall–Kier alpha value is -3.95. The second-order valence-corrected chi connectivity index (χ2v) is 10.5. The van der Waals surface area contributed by atoms with Crippen LogP contribution in [0.4, 0.5) is 0 Å². The van der Waals surface area contributed by atoms with E-state index in [1.54, 1.807) is 84.9 Å². The van der Waals surface area contributed by atoms with E-state index in [1.807, 2.05) is 12.1 Å². The third-order valence-corrected chi connectivity index (χ3v) is 7.73. The van der Waals surface area contributed by atoms with Crippen molar-refractivity contribution in [2.75, 3.05) is 0 Å². The Morgan fingerprint density at radius 3 is 1.53 bits per heavy atom. The first-order valence-electron chi connectivity index (χ1n) is 10.2. The standard InChI is InChI=1S/C25H21N3O4S2/c26-25(27-33(29,30)23-17-9-7-15-21(23)19-11-3-1-4-12-19)28-34(31,32)24-18-10-8-16-22(24)20-13-5-2-6-14-20/h1-18H,(H3,26,27,28). The minimum absolute atomic E-state index is 0.0542. The van der Waals surface area contributed by atoms with Gasteiger partial charge in [0.25, 0.3) is 20.0 Å². The summed E-state index contributed by atoms with van der Waals surface area (Å²) in [5.74, 6) is -0.759. The van der Waals surface area contributed by atoms with Gasteiger partial charge in [0.15, 0.2) is 0 Å². The van der Waals surface area contributed by atoms with E-state index in [4.69, 9.17) is 5.73 Å². The Morgan fingerprint density at radius 1 is 0.588 bits per heavy atom. The number of nitrogens with zero attached hydrogens (tertiary/aromatic N) is 1. The number of nitrogens with two attached hydrogens (primary N) is 1. The van der Waals surface area contributed by atoms with Crippen LogP contribution < -0.4 is 10.5 Å². The maximum absolute atomic E-state index is 13.1. The summed E-state index contributed by atoms with van der Waals surface area (Å²) in [7, 11) is -8.54. The van der Waals surface area contributed by atoms with Gasteiger partial charge in [-0.25, -0.2) is 13.1 Å². The van der Waals surface area contributed by atoms with Crippen molar-refractivity contribution in [1.29, 1.82) is 0 Å². The molecule has 0 atom stereocenters. The maximum Gasteiger partial charge on any atom is 0.286 e. The van der Waals surface area contributed by atoms with Gasteiger partial charge in [-0.1, -0.05) is 97.1 Å². The van der Waals surface area contributed by atoms with Crippen molar-refractivity contribution in [1.82, 2.24) is 4.72 Å². The number of guanidine groups is 1. The van der Waals surface area contributed by atoms with Crippen LogP contribution in [0.2, 0.25) is 0 Å². The first kappa shape index (κ1) is 23.2. The highest BCUT2D eigenvalue weighted by molar-refractivity contribution is 7.91. The molecule has 0 unspecified atom stereocenters. The van der Waals surface area contributed by atoms with E-state index in [1.165, 1.54) is 12.1 Å². The molecule has 7 nitrogen and oxygen atoms in total. The number of hydrogen-bond acceptors (Lipinski definition) is 4. The van der Waals surface area contributed by atoms with Crippen molar-refractivity contribution in [3.8, 4) is 22.3 Å². The average molecular weight is 492 g/mol. The van der Waals surface area contributed by atoms with E-state index in [9.17, 15) is 16.8 Å². The second-order valence-electron chi connectivity index (χ2n) is 7.28. The molecule has 0 amide bonds. The molecule has 4 rings (SSSR count). The lowest BCUT2D eigenvalue weighted by Crippen LogP contribution is -2.37. The molecule has 9 heteroatoms. The Labute approximate surface area is 198 Å². The molecule has 0 heterocycles. The van der Waals surface area contributed by atoms with Crippen LogP contribution in [-0.2, 0) is 20.0 Å². The lowest BCUT2D eigenvalue weighted by Gasteiger charge is -2.12. The molecule has 172 valence electrons. The van der Waals surface area contributed by atoms with E-state index in [0.717, 1.165) is 0 Å². The Bertz CT molecular complexity index is 1550. The number of nitrogens with one attached hydrogen (secondary N) is 1. The SMILES string of the molecule is NC(=NS(=O)(=O)c1ccccc1-c1ccccc1)NS(=O)(=O)c1ccccc1-c1ccccc1. The quantitative estimate of drug-likeness (QED) is 0.312. The number of sulfonamides is 2. The summed E-state index contributed by atoms with van der Waals surface area (Å²) in [5.41, 5.74) is 8.01. The third kappa shape index (κ3) is 5.00. The molecule has 4 aromatic rings. The summed E-state index contributed by atoms with van der Waals surface area (Å²) in [5, 5.41) is 0. The van der Waals surface area contributed by atoms with Crippen LogP contribution in [-0.4, -0.2) is 22.8 Å². The van der Waals surface area contributed by atoms with Crippen molar-refractivity contribution in [2.24, 2.45) is 10.1 Å². The average Bonchev–Trinajstić information content (AvgIpc) is 2.84. The van der Waals surface area contributed by atoms with Crippen LogP contribution in [0.15, 0.2) is 123 Å². The molecule has 4 aromatic carbocycles. The minimum Gasteiger partial charge on any atom is -0.368 e. The zero-order chi connectivity index (χ0) is 24.2.